The first-order chi connectivity index (χ1) is 8.59. The highest BCUT2D eigenvalue weighted by Gasteiger charge is 2.27. The van der Waals surface area contributed by atoms with E-state index in [4.69, 9.17) is 4.74 Å². The predicted molar refractivity (Wildman–Crippen MR) is 69.7 cm³/mol. The summed E-state index contributed by atoms with van der Waals surface area (Å²) in [7, 11) is 0. The molecule has 1 aromatic carbocycles. The van der Waals surface area contributed by atoms with E-state index >= 15 is 0 Å². The second kappa shape index (κ2) is 5.35. The van der Waals surface area contributed by atoms with Crippen molar-refractivity contribution in [1.82, 2.24) is 0 Å². The summed E-state index contributed by atoms with van der Waals surface area (Å²) in [6.45, 7) is 4.64. The van der Waals surface area contributed by atoms with Crippen molar-refractivity contribution < 1.29 is 9.66 Å². The number of hydrogen-bond acceptors (Lipinski definition) is 4. The molecular weight excluding hydrogens is 232 g/mol. The molecule has 0 bridgehead atoms. The van der Waals surface area contributed by atoms with Crippen LogP contribution in [-0.2, 0) is 4.74 Å². The molecule has 0 unspecified atom stereocenters. The van der Waals surface area contributed by atoms with Crippen LogP contribution in [0.4, 0.5) is 11.4 Å². The van der Waals surface area contributed by atoms with E-state index in [1.54, 1.807) is 12.1 Å². The number of ether oxygens (including phenoxy) is 1. The minimum atomic E-state index is -0.374. The van der Waals surface area contributed by atoms with Crippen LogP contribution in [0.1, 0.15) is 19.8 Å². The lowest BCUT2D eigenvalue weighted by atomic mass is 9.82. The molecule has 0 atom stereocenters. The van der Waals surface area contributed by atoms with Gasteiger partial charge in [0.25, 0.3) is 5.69 Å². The lowest BCUT2D eigenvalue weighted by Gasteiger charge is -2.33. The van der Waals surface area contributed by atoms with E-state index in [1.807, 2.05) is 6.07 Å². The molecule has 18 heavy (non-hydrogen) atoms. The van der Waals surface area contributed by atoms with Crippen LogP contribution in [0.5, 0.6) is 0 Å². The van der Waals surface area contributed by atoms with Gasteiger partial charge in [-0.05, 0) is 24.3 Å². The highest BCUT2D eigenvalue weighted by Crippen LogP contribution is 2.30. The molecule has 0 amide bonds. The van der Waals surface area contributed by atoms with Crippen LogP contribution in [0.15, 0.2) is 24.3 Å². The molecule has 1 N–H and O–H groups in total. The summed E-state index contributed by atoms with van der Waals surface area (Å²) >= 11 is 0. The van der Waals surface area contributed by atoms with Crippen molar-refractivity contribution in [3.8, 4) is 0 Å². The van der Waals surface area contributed by atoms with Crippen LogP contribution in [-0.4, -0.2) is 24.7 Å². The Balaban J connectivity index is 1.97. The van der Waals surface area contributed by atoms with E-state index < -0.39 is 0 Å². The second-order valence-corrected chi connectivity index (χ2v) is 5.08. The minimum absolute atomic E-state index is 0.122. The van der Waals surface area contributed by atoms with Gasteiger partial charge in [-0.3, -0.25) is 10.1 Å². The Labute approximate surface area is 106 Å². The predicted octanol–water partition coefficient (Wildman–Crippen LogP) is 2.82. The lowest BCUT2D eigenvalue weighted by molar-refractivity contribution is -0.384. The number of anilines is 1. The molecule has 1 fully saturated rings. The van der Waals surface area contributed by atoms with Crippen molar-refractivity contribution in [2.24, 2.45) is 5.41 Å². The summed E-state index contributed by atoms with van der Waals surface area (Å²) in [4.78, 5) is 10.3. The Kier molecular flexibility index (Phi) is 3.81. The maximum atomic E-state index is 10.7. The van der Waals surface area contributed by atoms with Gasteiger partial charge >= 0.3 is 0 Å². The number of nitro groups is 1. The summed E-state index contributed by atoms with van der Waals surface area (Å²) < 4.78 is 5.35. The van der Waals surface area contributed by atoms with Crippen LogP contribution < -0.4 is 5.32 Å². The van der Waals surface area contributed by atoms with Gasteiger partial charge < -0.3 is 10.1 Å². The Bertz CT molecular complexity index is 428. The van der Waals surface area contributed by atoms with Crippen molar-refractivity contribution >= 4 is 11.4 Å². The third-order valence-corrected chi connectivity index (χ3v) is 3.48. The molecule has 1 aromatic rings. The first kappa shape index (κ1) is 12.8. The summed E-state index contributed by atoms with van der Waals surface area (Å²) in [5, 5.41) is 14.0. The third-order valence-electron chi connectivity index (χ3n) is 3.48. The zero-order chi connectivity index (χ0) is 13.0. The van der Waals surface area contributed by atoms with Crippen LogP contribution >= 0.6 is 0 Å². The number of nitrogens with zero attached hydrogens (tertiary/aromatic N) is 1. The molecule has 1 heterocycles. The van der Waals surface area contributed by atoms with E-state index in [0.717, 1.165) is 38.3 Å². The zero-order valence-electron chi connectivity index (χ0n) is 10.5. The fourth-order valence-electron chi connectivity index (χ4n) is 2.09. The van der Waals surface area contributed by atoms with E-state index in [-0.39, 0.29) is 16.0 Å². The van der Waals surface area contributed by atoms with E-state index in [2.05, 4.69) is 12.2 Å². The number of rotatable bonds is 4. The normalized spacial score (nSPS) is 18.3. The summed E-state index contributed by atoms with van der Waals surface area (Å²) in [6.07, 6.45) is 2.05. The van der Waals surface area contributed by atoms with Crippen molar-refractivity contribution in [2.45, 2.75) is 19.8 Å². The third kappa shape index (κ3) is 3.20. The van der Waals surface area contributed by atoms with Gasteiger partial charge in [-0.15, -0.1) is 0 Å². The Morgan fingerprint density at radius 2 is 2.17 bits per heavy atom. The number of nitro benzene ring substituents is 1. The lowest BCUT2D eigenvalue weighted by Crippen LogP contribution is -2.33. The van der Waals surface area contributed by atoms with E-state index in [0.29, 0.717) is 0 Å². The molecule has 0 saturated carbocycles. The highest BCUT2D eigenvalue weighted by molar-refractivity contribution is 5.51. The van der Waals surface area contributed by atoms with Crippen molar-refractivity contribution in [3.63, 3.8) is 0 Å². The number of benzene rings is 1. The molecule has 0 radical (unpaired) electrons. The van der Waals surface area contributed by atoms with Crippen molar-refractivity contribution in [2.75, 3.05) is 25.1 Å². The molecule has 0 aromatic heterocycles. The van der Waals surface area contributed by atoms with Gasteiger partial charge in [-0.1, -0.05) is 13.0 Å². The van der Waals surface area contributed by atoms with Crippen LogP contribution in [0.2, 0.25) is 0 Å². The Morgan fingerprint density at radius 3 is 2.83 bits per heavy atom. The zero-order valence-corrected chi connectivity index (χ0v) is 10.5. The molecule has 1 aliphatic rings. The quantitative estimate of drug-likeness (QED) is 0.659. The maximum absolute atomic E-state index is 10.7. The van der Waals surface area contributed by atoms with Crippen molar-refractivity contribution in [1.29, 1.82) is 0 Å². The Morgan fingerprint density at radius 1 is 1.44 bits per heavy atom. The summed E-state index contributed by atoms with van der Waals surface area (Å²) in [5.74, 6) is 0. The van der Waals surface area contributed by atoms with Gasteiger partial charge in [-0.25, -0.2) is 0 Å². The average Bonchev–Trinajstić information content (AvgIpc) is 2.38. The number of non-ortho nitro benzene ring substituents is 1. The topological polar surface area (TPSA) is 64.4 Å². The van der Waals surface area contributed by atoms with Gasteiger partial charge in [0, 0.05) is 37.6 Å². The molecule has 5 heteroatoms. The fourth-order valence-corrected chi connectivity index (χ4v) is 2.09. The fraction of sp³-hybridized carbons (Fsp3) is 0.538. The molecule has 1 saturated heterocycles. The van der Waals surface area contributed by atoms with Gasteiger partial charge in [0.05, 0.1) is 4.92 Å². The number of hydrogen-bond donors (Lipinski definition) is 1. The minimum Gasteiger partial charge on any atom is -0.384 e. The SMILES string of the molecule is CC1(CNc2cccc([N+](=O)[O-])c2)CCOCC1. The smallest absolute Gasteiger partial charge is 0.271 e. The van der Waals surface area contributed by atoms with Gasteiger partial charge in [0.15, 0.2) is 0 Å². The summed E-state index contributed by atoms with van der Waals surface area (Å²) in [5.41, 5.74) is 1.14. The van der Waals surface area contributed by atoms with Crippen molar-refractivity contribution in [3.05, 3.63) is 34.4 Å². The standard InChI is InChI=1S/C13H18N2O3/c1-13(5-7-18-8-6-13)10-14-11-3-2-4-12(9-11)15(16)17/h2-4,9,14H,5-8,10H2,1H3. The largest absolute Gasteiger partial charge is 0.384 e. The second-order valence-electron chi connectivity index (χ2n) is 5.08. The van der Waals surface area contributed by atoms with Gasteiger partial charge in [0.2, 0.25) is 0 Å². The van der Waals surface area contributed by atoms with E-state index in [9.17, 15) is 10.1 Å². The van der Waals surface area contributed by atoms with Crippen LogP contribution in [0.25, 0.3) is 0 Å². The molecule has 5 nitrogen and oxygen atoms in total. The summed E-state index contributed by atoms with van der Waals surface area (Å²) in [6, 6.07) is 6.63. The molecule has 98 valence electrons. The molecule has 0 spiro atoms. The highest BCUT2D eigenvalue weighted by atomic mass is 16.6. The average molecular weight is 250 g/mol. The molecular formula is C13H18N2O3. The monoisotopic (exact) mass is 250 g/mol. The van der Waals surface area contributed by atoms with Crippen LogP contribution in [0.3, 0.4) is 0 Å². The molecule has 2 rings (SSSR count). The Hall–Kier alpha value is -1.62. The maximum Gasteiger partial charge on any atom is 0.271 e. The van der Waals surface area contributed by atoms with Gasteiger partial charge in [-0.2, -0.15) is 0 Å². The van der Waals surface area contributed by atoms with Crippen LogP contribution in [0, 0.1) is 15.5 Å². The number of nitrogens with one attached hydrogen (secondary N) is 1. The van der Waals surface area contributed by atoms with Gasteiger partial charge in [0.1, 0.15) is 0 Å². The van der Waals surface area contributed by atoms with E-state index in [1.165, 1.54) is 6.07 Å². The molecule has 1 aliphatic heterocycles. The first-order valence-electron chi connectivity index (χ1n) is 6.15. The molecule has 0 aliphatic carbocycles. The first-order valence-corrected chi connectivity index (χ1v) is 6.15.